The lowest BCUT2D eigenvalue weighted by Crippen LogP contribution is -2.51. The van der Waals surface area contributed by atoms with Gasteiger partial charge in [-0.05, 0) is 31.4 Å². The summed E-state index contributed by atoms with van der Waals surface area (Å²) in [5.74, 6) is -0.549. The molecule has 3 atom stereocenters. The summed E-state index contributed by atoms with van der Waals surface area (Å²) in [5.41, 5.74) is 7.52. The molecule has 0 aromatic rings. The van der Waals surface area contributed by atoms with Gasteiger partial charge in [0.15, 0.2) is 0 Å². The van der Waals surface area contributed by atoms with E-state index in [1.807, 2.05) is 37.6 Å². The van der Waals surface area contributed by atoms with Crippen LogP contribution >= 0.6 is 0 Å². The van der Waals surface area contributed by atoms with Crippen molar-refractivity contribution in [1.29, 1.82) is 0 Å². The van der Waals surface area contributed by atoms with E-state index >= 15 is 0 Å². The molecule has 3 heterocycles. The highest BCUT2D eigenvalue weighted by atomic mass is 16.2. The summed E-state index contributed by atoms with van der Waals surface area (Å²) in [4.78, 5) is 19.3. The van der Waals surface area contributed by atoms with Gasteiger partial charge in [-0.1, -0.05) is 56.0 Å². The van der Waals surface area contributed by atoms with E-state index in [1.54, 1.807) is 0 Å². The van der Waals surface area contributed by atoms with Crippen molar-refractivity contribution in [3.63, 3.8) is 0 Å². The van der Waals surface area contributed by atoms with Gasteiger partial charge in [-0.15, -0.1) is 0 Å². The first-order valence-electron chi connectivity index (χ1n) is 11.3. The fourth-order valence-electron chi connectivity index (χ4n) is 4.35. The lowest BCUT2D eigenvalue weighted by atomic mass is 9.78. The summed E-state index contributed by atoms with van der Waals surface area (Å²) in [6.45, 7) is 9.95. The second-order valence-electron chi connectivity index (χ2n) is 8.30. The second-order valence-corrected chi connectivity index (χ2v) is 8.30. The Kier molecular flexibility index (Phi) is 6.69. The van der Waals surface area contributed by atoms with Crippen molar-refractivity contribution in [2.45, 2.75) is 32.7 Å². The standard InChI is InChI=1S/C26H31N5O/c1-4-31-16-15-27-17-22(31)23-24-19(3)21(14-10-11-18(2)26(32)30-29-24)28-25(23)20-12-8-6-5-7-9-13-20/h5-6,8,10-15,17-18,23,25,28H,3-4,7,9,16H2,1-2H3,(H,30,32)/b6-5?,11-10-,12-8-,20-13+,21-14+,29-24+. The van der Waals surface area contributed by atoms with E-state index in [0.29, 0.717) is 0 Å². The Hall–Kier alpha value is -3.41. The Morgan fingerprint density at radius 2 is 2.12 bits per heavy atom. The molecule has 1 amide bonds. The number of amides is 1. The van der Waals surface area contributed by atoms with Crippen LogP contribution in [0.4, 0.5) is 0 Å². The van der Waals surface area contributed by atoms with E-state index in [1.165, 1.54) is 5.57 Å². The lowest BCUT2D eigenvalue weighted by molar-refractivity contribution is -0.123. The van der Waals surface area contributed by atoms with Gasteiger partial charge in [0.2, 0.25) is 5.91 Å². The van der Waals surface area contributed by atoms with Crippen LogP contribution in [-0.2, 0) is 4.79 Å². The molecule has 3 unspecified atom stereocenters. The van der Waals surface area contributed by atoms with Crippen LogP contribution in [0, 0.1) is 11.8 Å². The van der Waals surface area contributed by atoms with E-state index in [2.05, 4.69) is 69.6 Å². The average Bonchev–Trinajstić information content (AvgIpc) is 2.78. The Balaban J connectivity index is 1.87. The molecule has 1 fully saturated rings. The van der Waals surface area contributed by atoms with Crippen molar-refractivity contribution in [3.05, 3.63) is 83.9 Å². The van der Waals surface area contributed by atoms with Crippen LogP contribution in [0.5, 0.6) is 0 Å². The van der Waals surface area contributed by atoms with Gasteiger partial charge in [-0.25, -0.2) is 5.43 Å². The third-order valence-corrected chi connectivity index (χ3v) is 6.22. The van der Waals surface area contributed by atoms with Crippen LogP contribution in [0.25, 0.3) is 0 Å². The molecule has 0 saturated carbocycles. The number of hydrogen-bond acceptors (Lipinski definition) is 5. The zero-order valence-electron chi connectivity index (χ0n) is 18.8. The molecule has 6 nitrogen and oxygen atoms in total. The molecule has 1 saturated heterocycles. The first-order chi connectivity index (χ1) is 15.6. The summed E-state index contributed by atoms with van der Waals surface area (Å²) in [6, 6.07) is -0.0657. The highest BCUT2D eigenvalue weighted by Crippen LogP contribution is 2.36. The van der Waals surface area contributed by atoms with E-state index in [0.717, 1.165) is 48.6 Å². The van der Waals surface area contributed by atoms with Gasteiger partial charge >= 0.3 is 0 Å². The molecule has 2 N–H and O–H groups in total. The molecule has 1 aliphatic carbocycles. The van der Waals surface area contributed by atoms with Crippen molar-refractivity contribution >= 4 is 17.8 Å². The number of hydrazone groups is 1. The van der Waals surface area contributed by atoms with Crippen molar-refractivity contribution in [2.75, 3.05) is 13.1 Å². The fourth-order valence-corrected chi connectivity index (χ4v) is 4.35. The first kappa shape index (κ1) is 21.8. The number of fused-ring (bicyclic) bond motifs is 2. The number of nitrogens with one attached hydrogen (secondary N) is 2. The third-order valence-electron chi connectivity index (χ3n) is 6.22. The van der Waals surface area contributed by atoms with E-state index in [9.17, 15) is 4.79 Å². The van der Waals surface area contributed by atoms with Gasteiger partial charge in [0, 0.05) is 35.9 Å². The third kappa shape index (κ3) is 4.44. The summed E-state index contributed by atoms with van der Waals surface area (Å²) in [6.07, 6.45) is 22.4. The second kappa shape index (κ2) is 9.81. The monoisotopic (exact) mass is 429 g/mol. The van der Waals surface area contributed by atoms with Crippen LogP contribution in [0.15, 0.2) is 94.0 Å². The largest absolute Gasteiger partial charge is 0.377 e. The van der Waals surface area contributed by atoms with Gasteiger partial charge in [-0.3, -0.25) is 9.79 Å². The predicted octanol–water partition coefficient (Wildman–Crippen LogP) is 3.77. The molecule has 2 bridgehead atoms. The smallest absolute Gasteiger partial charge is 0.246 e. The highest BCUT2D eigenvalue weighted by molar-refractivity contribution is 6.08. The fraction of sp³-hybridized carbons (Fsp3) is 0.346. The minimum atomic E-state index is -0.272. The molecule has 4 rings (SSSR count). The Morgan fingerprint density at radius 3 is 2.97 bits per heavy atom. The summed E-state index contributed by atoms with van der Waals surface area (Å²) in [5, 5.41) is 8.39. The number of nitrogens with zero attached hydrogens (tertiary/aromatic N) is 3. The number of aliphatic imine (C=N–C) groups is 1. The zero-order valence-corrected chi connectivity index (χ0v) is 18.8. The Morgan fingerprint density at radius 1 is 1.25 bits per heavy atom. The summed E-state index contributed by atoms with van der Waals surface area (Å²) in [7, 11) is 0. The minimum absolute atomic E-state index is 0.0657. The number of allylic oxidation sites excluding steroid dienone is 7. The number of carbonyl (C=O) groups is 1. The van der Waals surface area contributed by atoms with E-state index in [4.69, 9.17) is 0 Å². The molecule has 3 aliphatic heterocycles. The van der Waals surface area contributed by atoms with Crippen molar-refractivity contribution in [2.24, 2.45) is 21.9 Å². The summed E-state index contributed by atoms with van der Waals surface area (Å²) >= 11 is 0. The number of carbonyl (C=O) groups excluding carboxylic acids is 1. The first-order valence-corrected chi connectivity index (χ1v) is 11.3. The van der Waals surface area contributed by atoms with Gasteiger partial charge in [0.25, 0.3) is 0 Å². The summed E-state index contributed by atoms with van der Waals surface area (Å²) < 4.78 is 0. The SMILES string of the molecule is C=C1/C2=N\NC(=O)C(C)/C=C\C=C/1NC(C1=C/CCC=C/C=C\1)C2C1=CN=CCN1CC. The van der Waals surface area contributed by atoms with Crippen LogP contribution in [0.3, 0.4) is 0 Å². The molecule has 0 aromatic carbocycles. The van der Waals surface area contributed by atoms with Crippen LogP contribution < -0.4 is 10.7 Å². The van der Waals surface area contributed by atoms with Gasteiger partial charge in [-0.2, -0.15) is 5.10 Å². The lowest BCUT2D eigenvalue weighted by Gasteiger charge is -2.42. The average molecular weight is 430 g/mol. The van der Waals surface area contributed by atoms with Gasteiger partial charge in [0.1, 0.15) is 0 Å². The Labute approximate surface area is 190 Å². The predicted molar refractivity (Wildman–Crippen MR) is 131 cm³/mol. The molecule has 166 valence electrons. The number of rotatable bonds is 3. The topological polar surface area (TPSA) is 69.1 Å². The van der Waals surface area contributed by atoms with Gasteiger partial charge < -0.3 is 10.2 Å². The molecule has 4 aliphatic rings. The highest BCUT2D eigenvalue weighted by Gasteiger charge is 2.40. The maximum absolute atomic E-state index is 12.6. The zero-order chi connectivity index (χ0) is 22.5. The quantitative estimate of drug-likeness (QED) is 0.718. The number of piperidine rings is 1. The normalized spacial score (nSPS) is 34.8. The van der Waals surface area contributed by atoms with Crippen molar-refractivity contribution in [1.82, 2.24) is 15.6 Å². The maximum atomic E-state index is 12.6. The van der Waals surface area contributed by atoms with Crippen LogP contribution in [0.2, 0.25) is 0 Å². The molecule has 0 spiro atoms. The molecule has 6 heteroatoms. The maximum Gasteiger partial charge on any atom is 0.246 e. The minimum Gasteiger partial charge on any atom is -0.377 e. The van der Waals surface area contributed by atoms with Gasteiger partial charge in [0.05, 0.1) is 30.1 Å². The van der Waals surface area contributed by atoms with Crippen LogP contribution in [0.1, 0.15) is 26.7 Å². The molecule has 32 heavy (non-hydrogen) atoms. The van der Waals surface area contributed by atoms with Crippen molar-refractivity contribution < 1.29 is 4.79 Å². The molecule has 0 radical (unpaired) electrons. The Bertz CT molecular complexity index is 1020. The van der Waals surface area contributed by atoms with Crippen molar-refractivity contribution in [3.8, 4) is 0 Å². The van der Waals surface area contributed by atoms with E-state index in [-0.39, 0.29) is 23.8 Å². The molecular formula is C26H31N5O. The number of hydrogen-bond donors (Lipinski definition) is 2. The molecular weight excluding hydrogens is 398 g/mol. The van der Waals surface area contributed by atoms with Crippen LogP contribution in [-0.4, -0.2) is 41.9 Å². The molecule has 0 aromatic heterocycles. The van der Waals surface area contributed by atoms with E-state index < -0.39 is 0 Å².